The molecule has 0 aliphatic carbocycles. The molecule has 0 fully saturated rings. The van der Waals surface area contributed by atoms with Crippen molar-refractivity contribution in [3.8, 4) is 0 Å². The molecule has 0 spiro atoms. The van der Waals surface area contributed by atoms with E-state index in [1.54, 1.807) is 13.0 Å². The van der Waals surface area contributed by atoms with Crippen molar-refractivity contribution in [3.63, 3.8) is 0 Å². The fourth-order valence-corrected chi connectivity index (χ4v) is 1.68. The summed E-state index contributed by atoms with van der Waals surface area (Å²) in [6.07, 6.45) is 2.88. The van der Waals surface area contributed by atoms with Crippen molar-refractivity contribution in [2.24, 2.45) is 0 Å². The molecule has 0 heterocycles. The third-order valence-electron chi connectivity index (χ3n) is 1.87. The Kier molecular flexibility index (Phi) is 4.49. The second-order valence-electron chi connectivity index (χ2n) is 2.85. The van der Waals surface area contributed by atoms with Crippen LogP contribution in [-0.2, 0) is 9.84 Å². The topological polar surface area (TPSA) is 46.2 Å². The van der Waals surface area contributed by atoms with Crippen molar-refractivity contribution in [2.45, 2.75) is 25.1 Å². The highest BCUT2D eigenvalue weighted by Crippen LogP contribution is 2.04. The number of nitrogens with one attached hydrogen (secondary N) is 1. The molecule has 72 valence electrons. The lowest BCUT2D eigenvalue weighted by atomic mass is 10.2. The largest absolute Gasteiger partial charge is 0.310 e. The maximum absolute atomic E-state index is 11.1. The van der Waals surface area contributed by atoms with E-state index in [9.17, 15) is 8.42 Å². The highest BCUT2D eigenvalue weighted by Gasteiger charge is 2.22. The normalized spacial score (nSPS) is 16.9. The molecule has 0 aliphatic heterocycles. The summed E-state index contributed by atoms with van der Waals surface area (Å²) in [6.45, 7) is 7.95. The van der Waals surface area contributed by atoms with Gasteiger partial charge in [0, 0.05) is 12.3 Å². The van der Waals surface area contributed by atoms with Crippen LogP contribution in [0, 0.1) is 0 Å². The van der Waals surface area contributed by atoms with Crippen LogP contribution in [0.1, 0.15) is 13.8 Å². The van der Waals surface area contributed by atoms with Gasteiger partial charge in [0.15, 0.2) is 9.84 Å². The Morgan fingerprint density at radius 3 is 2.33 bits per heavy atom. The smallest absolute Gasteiger partial charge is 0.151 e. The first-order valence-electron chi connectivity index (χ1n) is 3.98. The van der Waals surface area contributed by atoms with Crippen LogP contribution in [0.4, 0.5) is 0 Å². The maximum atomic E-state index is 11.1. The lowest BCUT2D eigenvalue weighted by molar-refractivity contribution is 0.550. The molecule has 0 rings (SSSR count). The van der Waals surface area contributed by atoms with Crippen molar-refractivity contribution in [3.05, 3.63) is 12.7 Å². The fraction of sp³-hybridized carbons (Fsp3) is 0.750. The van der Waals surface area contributed by atoms with Crippen LogP contribution in [0.3, 0.4) is 0 Å². The fourth-order valence-electron chi connectivity index (χ4n) is 0.943. The minimum absolute atomic E-state index is 0.148. The lowest BCUT2D eigenvalue weighted by Crippen LogP contribution is -2.40. The molecule has 0 saturated heterocycles. The average Bonchev–Trinajstić information content (AvgIpc) is 1.97. The number of rotatable bonds is 5. The van der Waals surface area contributed by atoms with Crippen LogP contribution in [0.25, 0.3) is 0 Å². The molecule has 0 aromatic carbocycles. The van der Waals surface area contributed by atoms with E-state index in [0.717, 1.165) is 6.54 Å². The number of sulfone groups is 1. The van der Waals surface area contributed by atoms with Gasteiger partial charge >= 0.3 is 0 Å². The monoisotopic (exact) mass is 191 g/mol. The van der Waals surface area contributed by atoms with E-state index < -0.39 is 15.1 Å². The van der Waals surface area contributed by atoms with Crippen molar-refractivity contribution >= 4 is 9.84 Å². The van der Waals surface area contributed by atoms with Crippen LogP contribution in [-0.4, -0.2) is 32.5 Å². The van der Waals surface area contributed by atoms with Gasteiger partial charge in [-0.05, 0) is 13.5 Å². The summed E-state index contributed by atoms with van der Waals surface area (Å²) < 4.78 is 22.2. The van der Waals surface area contributed by atoms with E-state index in [0.29, 0.717) is 0 Å². The van der Waals surface area contributed by atoms with Gasteiger partial charge in [-0.1, -0.05) is 13.0 Å². The van der Waals surface area contributed by atoms with E-state index in [2.05, 4.69) is 11.9 Å². The van der Waals surface area contributed by atoms with Crippen LogP contribution in [0.15, 0.2) is 12.7 Å². The number of likely N-dealkylation sites (N-methyl/N-ethyl adjacent to an activating group) is 1. The van der Waals surface area contributed by atoms with Crippen LogP contribution in [0.2, 0.25) is 0 Å². The summed E-state index contributed by atoms with van der Waals surface area (Å²) in [6, 6.07) is -0.148. The first-order chi connectivity index (χ1) is 5.43. The standard InChI is InChI=1S/C8H17NO2S/c1-5-8(9-6-2)7(3)12(4,10)11/h5,7-9H,1,6H2,2-4H3. The third-order valence-corrected chi connectivity index (χ3v) is 3.52. The van der Waals surface area contributed by atoms with Crippen LogP contribution >= 0.6 is 0 Å². The van der Waals surface area contributed by atoms with Crippen LogP contribution in [0.5, 0.6) is 0 Å². The predicted molar refractivity (Wildman–Crippen MR) is 52.0 cm³/mol. The molecule has 0 aromatic heterocycles. The molecular formula is C8H17NO2S. The Morgan fingerprint density at radius 2 is 2.08 bits per heavy atom. The summed E-state index contributed by atoms with van der Waals surface area (Å²) in [5, 5.41) is 2.63. The first-order valence-corrected chi connectivity index (χ1v) is 5.93. The Hall–Kier alpha value is -0.350. The van der Waals surface area contributed by atoms with Gasteiger partial charge in [-0.25, -0.2) is 8.42 Å². The van der Waals surface area contributed by atoms with E-state index in [-0.39, 0.29) is 6.04 Å². The van der Waals surface area contributed by atoms with Crippen molar-refractivity contribution in [1.82, 2.24) is 5.32 Å². The first kappa shape index (κ1) is 11.6. The van der Waals surface area contributed by atoms with E-state index >= 15 is 0 Å². The molecule has 2 unspecified atom stereocenters. The average molecular weight is 191 g/mol. The zero-order valence-corrected chi connectivity index (χ0v) is 8.69. The van der Waals surface area contributed by atoms with Crippen LogP contribution < -0.4 is 5.32 Å². The highest BCUT2D eigenvalue weighted by molar-refractivity contribution is 7.91. The molecule has 2 atom stereocenters. The Bertz CT molecular complexity index is 233. The minimum Gasteiger partial charge on any atom is -0.310 e. The third kappa shape index (κ3) is 3.36. The molecule has 0 bridgehead atoms. The molecule has 0 amide bonds. The van der Waals surface area contributed by atoms with Gasteiger partial charge in [0.2, 0.25) is 0 Å². The van der Waals surface area contributed by atoms with Crippen molar-refractivity contribution in [1.29, 1.82) is 0 Å². The minimum atomic E-state index is -2.97. The Balaban J connectivity index is 4.42. The summed E-state index contributed by atoms with van der Waals surface area (Å²) in [5.74, 6) is 0. The molecular weight excluding hydrogens is 174 g/mol. The summed E-state index contributed by atoms with van der Waals surface area (Å²) in [7, 11) is -2.97. The summed E-state index contributed by atoms with van der Waals surface area (Å²) in [5.41, 5.74) is 0. The van der Waals surface area contributed by atoms with Gasteiger partial charge in [0.05, 0.1) is 5.25 Å². The number of hydrogen-bond donors (Lipinski definition) is 1. The Morgan fingerprint density at radius 1 is 1.58 bits per heavy atom. The van der Waals surface area contributed by atoms with E-state index in [1.807, 2.05) is 6.92 Å². The van der Waals surface area contributed by atoms with Crippen molar-refractivity contribution in [2.75, 3.05) is 12.8 Å². The molecule has 0 radical (unpaired) electrons. The highest BCUT2D eigenvalue weighted by atomic mass is 32.2. The zero-order valence-electron chi connectivity index (χ0n) is 7.87. The van der Waals surface area contributed by atoms with Gasteiger partial charge in [0.1, 0.15) is 0 Å². The lowest BCUT2D eigenvalue weighted by Gasteiger charge is -2.19. The molecule has 3 nitrogen and oxygen atoms in total. The van der Waals surface area contributed by atoms with Gasteiger partial charge < -0.3 is 5.32 Å². The quantitative estimate of drug-likeness (QED) is 0.647. The van der Waals surface area contributed by atoms with Gasteiger partial charge in [-0.3, -0.25) is 0 Å². The maximum Gasteiger partial charge on any atom is 0.151 e. The second-order valence-corrected chi connectivity index (χ2v) is 5.26. The van der Waals surface area contributed by atoms with E-state index in [4.69, 9.17) is 0 Å². The van der Waals surface area contributed by atoms with Gasteiger partial charge in [-0.15, -0.1) is 6.58 Å². The van der Waals surface area contributed by atoms with Gasteiger partial charge in [-0.2, -0.15) is 0 Å². The summed E-state index contributed by atoms with van der Waals surface area (Å²) in [4.78, 5) is 0. The molecule has 4 heteroatoms. The predicted octanol–water partition coefficient (Wildman–Crippen LogP) is 0.584. The molecule has 0 saturated carbocycles. The Labute approximate surface area is 74.8 Å². The number of hydrogen-bond acceptors (Lipinski definition) is 3. The van der Waals surface area contributed by atoms with Crippen molar-refractivity contribution < 1.29 is 8.42 Å². The molecule has 12 heavy (non-hydrogen) atoms. The molecule has 0 aliphatic rings. The second kappa shape index (κ2) is 4.62. The van der Waals surface area contributed by atoms with E-state index in [1.165, 1.54) is 6.26 Å². The molecule has 1 N–H and O–H groups in total. The molecule has 0 aromatic rings. The SMILES string of the molecule is C=CC(NCC)C(C)S(C)(=O)=O. The summed E-state index contributed by atoms with van der Waals surface area (Å²) >= 11 is 0. The van der Waals surface area contributed by atoms with Gasteiger partial charge in [0.25, 0.3) is 0 Å². The zero-order chi connectivity index (χ0) is 9.78.